The molecule has 0 amide bonds. The van der Waals surface area contributed by atoms with E-state index < -0.39 is 21.7 Å². The van der Waals surface area contributed by atoms with Gasteiger partial charge in [-0.25, -0.2) is 8.42 Å². The Morgan fingerprint density at radius 3 is 1.36 bits per heavy atom. The van der Waals surface area contributed by atoms with Crippen molar-refractivity contribution in [3.05, 3.63) is 47.5 Å². The summed E-state index contributed by atoms with van der Waals surface area (Å²) in [5.74, 6) is -0.0573. The summed E-state index contributed by atoms with van der Waals surface area (Å²) in [7, 11) is 2.41. The fourth-order valence-electron chi connectivity index (χ4n) is 3.55. The predicted octanol–water partition coefficient (Wildman–Crippen LogP) is 3.20. The van der Waals surface area contributed by atoms with Gasteiger partial charge in [0.05, 0.1) is 63.9 Å². The first kappa shape index (κ1) is 25.8. The van der Waals surface area contributed by atoms with Gasteiger partial charge in [0.15, 0.2) is 32.8 Å². The van der Waals surface area contributed by atoms with Crippen molar-refractivity contribution in [3.8, 4) is 35.1 Å². The second-order valence-corrected chi connectivity index (χ2v) is 9.67. The van der Waals surface area contributed by atoms with Crippen LogP contribution < -0.4 is 18.9 Å². The van der Waals surface area contributed by atoms with E-state index in [1.165, 1.54) is 28.4 Å². The highest BCUT2D eigenvalue weighted by Crippen LogP contribution is 2.30. The molecule has 0 heterocycles. The SMILES string of the molecule is COc1ccc(CC(C#N)CS(=O)(=O)CC(C#N)Cc2ccc(OC)c(OC)c2)cc1OC. The molecule has 0 aromatic heterocycles. The maximum atomic E-state index is 12.8. The van der Waals surface area contributed by atoms with Crippen LogP contribution in [0.2, 0.25) is 0 Å². The predicted molar refractivity (Wildman–Crippen MR) is 123 cm³/mol. The Bertz CT molecular complexity index is 1050. The molecule has 2 aromatic rings. The Balaban J connectivity index is 2.08. The van der Waals surface area contributed by atoms with E-state index in [0.717, 1.165) is 11.1 Å². The Hall–Kier alpha value is -3.43. The molecule has 9 heteroatoms. The van der Waals surface area contributed by atoms with Crippen molar-refractivity contribution in [2.45, 2.75) is 12.8 Å². The van der Waals surface area contributed by atoms with E-state index in [9.17, 15) is 18.9 Å². The van der Waals surface area contributed by atoms with Gasteiger partial charge in [0.25, 0.3) is 0 Å². The van der Waals surface area contributed by atoms with Crippen LogP contribution in [-0.2, 0) is 22.7 Å². The van der Waals surface area contributed by atoms with Crippen LogP contribution in [0.1, 0.15) is 11.1 Å². The molecule has 0 aliphatic carbocycles. The first-order valence-electron chi connectivity index (χ1n) is 10.2. The van der Waals surface area contributed by atoms with E-state index in [4.69, 9.17) is 18.9 Å². The van der Waals surface area contributed by atoms with E-state index in [0.29, 0.717) is 23.0 Å². The molecule has 8 nitrogen and oxygen atoms in total. The number of nitrogens with zero attached hydrogens (tertiary/aromatic N) is 2. The average molecular weight is 473 g/mol. The standard InChI is InChI=1S/C24H28N2O6S/c1-29-21-7-5-17(11-23(21)31-3)9-19(13-25)15-33(27,28)16-20(14-26)10-18-6-8-22(30-2)24(12-18)32-4/h5-8,11-12,19-20H,9-10,15-16H2,1-4H3. The van der Waals surface area contributed by atoms with Crippen LogP contribution in [0, 0.1) is 34.5 Å². The molecular formula is C24H28N2O6S. The number of ether oxygens (including phenoxy) is 4. The van der Waals surface area contributed by atoms with E-state index in [1.807, 2.05) is 0 Å². The summed E-state index contributed by atoms with van der Waals surface area (Å²) < 4.78 is 46.6. The van der Waals surface area contributed by atoms with Crippen LogP contribution in [0.5, 0.6) is 23.0 Å². The second-order valence-electron chi connectivity index (χ2n) is 7.52. The summed E-state index contributed by atoms with van der Waals surface area (Å²) in [6.07, 6.45) is 0.478. The van der Waals surface area contributed by atoms with Crippen LogP contribution in [0.3, 0.4) is 0 Å². The summed E-state index contributed by atoms with van der Waals surface area (Å²) in [5.41, 5.74) is 1.52. The van der Waals surface area contributed by atoms with Crippen molar-refractivity contribution in [1.29, 1.82) is 10.5 Å². The molecule has 33 heavy (non-hydrogen) atoms. The molecule has 2 rings (SSSR count). The number of hydrogen-bond acceptors (Lipinski definition) is 8. The number of nitriles is 2. The monoisotopic (exact) mass is 472 g/mol. The molecule has 0 spiro atoms. The van der Waals surface area contributed by atoms with Gasteiger partial charge in [0.1, 0.15) is 0 Å². The number of sulfone groups is 1. The Morgan fingerprint density at radius 2 is 1.06 bits per heavy atom. The molecule has 0 saturated heterocycles. The smallest absolute Gasteiger partial charge is 0.160 e. The van der Waals surface area contributed by atoms with Crippen molar-refractivity contribution >= 4 is 9.84 Å². The van der Waals surface area contributed by atoms with Crippen molar-refractivity contribution in [3.63, 3.8) is 0 Å². The molecular weight excluding hydrogens is 444 g/mol. The highest BCUT2D eigenvalue weighted by atomic mass is 32.2. The molecule has 2 aromatic carbocycles. The van der Waals surface area contributed by atoms with Gasteiger partial charge >= 0.3 is 0 Å². The van der Waals surface area contributed by atoms with E-state index in [1.54, 1.807) is 36.4 Å². The summed E-state index contributed by atoms with van der Waals surface area (Å²) in [6.45, 7) is 0. The van der Waals surface area contributed by atoms with Crippen LogP contribution in [0.15, 0.2) is 36.4 Å². The molecule has 0 saturated carbocycles. The zero-order valence-electron chi connectivity index (χ0n) is 19.2. The third-order valence-corrected chi connectivity index (χ3v) is 6.96. The average Bonchev–Trinajstić information content (AvgIpc) is 2.82. The number of rotatable bonds is 12. The Morgan fingerprint density at radius 1 is 0.697 bits per heavy atom. The van der Waals surface area contributed by atoms with Crippen molar-refractivity contribution in [2.24, 2.45) is 11.8 Å². The quantitative estimate of drug-likeness (QED) is 0.462. The highest BCUT2D eigenvalue weighted by molar-refractivity contribution is 7.91. The largest absolute Gasteiger partial charge is 0.493 e. The first-order valence-corrected chi connectivity index (χ1v) is 12.0. The lowest BCUT2D eigenvalue weighted by Crippen LogP contribution is -2.24. The van der Waals surface area contributed by atoms with Gasteiger partial charge in [-0.15, -0.1) is 0 Å². The van der Waals surface area contributed by atoms with Crippen LogP contribution in [0.25, 0.3) is 0 Å². The maximum Gasteiger partial charge on any atom is 0.160 e. The number of methoxy groups -OCH3 is 4. The van der Waals surface area contributed by atoms with Gasteiger partial charge in [-0.2, -0.15) is 10.5 Å². The van der Waals surface area contributed by atoms with Gasteiger partial charge in [-0.3, -0.25) is 0 Å². The molecule has 0 radical (unpaired) electrons. The summed E-state index contributed by atoms with van der Waals surface area (Å²) in [4.78, 5) is 0. The van der Waals surface area contributed by atoms with Crippen molar-refractivity contribution in [2.75, 3.05) is 39.9 Å². The lowest BCUT2D eigenvalue weighted by molar-refractivity contribution is 0.354. The van der Waals surface area contributed by atoms with Crippen molar-refractivity contribution < 1.29 is 27.4 Å². The fourth-order valence-corrected chi connectivity index (χ4v) is 5.30. The minimum absolute atomic E-state index is 0.239. The number of benzene rings is 2. The zero-order valence-corrected chi connectivity index (χ0v) is 20.0. The Kier molecular flexibility index (Phi) is 9.38. The van der Waals surface area contributed by atoms with Gasteiger partial charge in [0, 0.05) is 0 Å². The third kappa shape index (κ3) is 7.30. The molecule has 0 fully saturated rings. The summed E-state index contributed by atoms with van der Waals surface area (Å²) in [6, 6.07) is 14.6. The zero-order chi connectivity index (χ0) is 24.4. The van der Waals surface area contributed by atoms with E-state index in [-0.39, 0.29) is 24.3 Å². The third-order valence-electron chi connectivity index (χ3n) is 5.14. The molecule has 0 aliphatic heterocycles. The lowest BCUT2D eigenvalue weighted by atomic mass is 10.0. The van der Waals surface area contributed by atoms with Crippen LogP contribution in [0.4, 0.5) is 0 Å². The number of hydrogen-bond donors (Lipinski definition) is 0. The van der Waals surface area contributed by atoms with E-state index >= 15 is 0 Å². The van der Waals surface area contributed by atoms with E-state index in [2.05, 4.69) is 12.1 Å². The fraction of sp³-hybridized carbons (Fsp3) is 0.417. The molecule has 0 N–H and O–H groups in total. The van der Waals surface area contributed by atoms with Crippen molar-refractivity contribution in [1.82, 2.24) is 0 Å². The summed E-state index contributed by atoms with van der Waals surface area (Å²) >= 11 is 0. The minimum Gasteiger partial charge on any atom is -0.493 e. The Labute approximate surface area is 195 Å². The normalized spacial score (nSPS) is 12.7. The van der Waals surface area contributed by atoms with Gasteiger partial charge in [0.2, 0.25) is 0 Å². The molecule has 2 unspecified atom stereocenters. The lowest BCUT2D eigenvalue weighted by Gasteiger charge is -2.15. The summed E-state index contributed by atoms with van der Waals surface area (Å²) in [5, 5.41) is 19.1. The van der Waals surface area contributed by atoms with Gasteiger partial charge in [-0.1, -0.05) is 12.1 Å². The molecule has 176 valence electrons. The van der Waals surface area contributed by atoms with Gasteiger partial charge in [-0.05, 0) is 48.2 Å². The van der Waals surface area contributed by atoms with Crippen LogP contribution >= 0.6 is 0 Å². The van der Waals surface area contributed by atoms with Crippen LogP contribution in [-0.4, -0.2) is 48.4 Å². The molecule has 2 atom stereocenters. The molecule has 0 aliphatic rings. The molecule has 0 bridgehead atoms. The highest BCUT2D eigenvalue weighted by Gasteiger charge is 2.25. The maximum absolute atomic E-state index is 12.8. The van der Waals surface area contributed by atoms with Gasteiger partial charge < -0.3 is 18.9 Å². The minimum atomic E-state index is -3.66. The topological polar surface area (TPSA) is 119 Å². The second kappa shape index (κ2) is 12.0. The first-order chi connectivity index (χ1) is 15.8.